The van der Waals surface area contributed by atoms with Crippen LogP contribution in [-0.4, -0.2) is 31.1 Å². The molecule has 1 aromatic carbocycles. The smallest absolute Gasteiger partial charge is 0.137 e. The molecule has 0 radical (unpaired) electrons. The van der Waals surface area contributed by atoms with Crippen molar-refractivity contribution < 1.29 is 10.2 Å². The van der Waals surface area contributed by atoms with Gasteiger partial charge in [0, 0.05) is 5.02 Å². The quantitative estimate of drug-likeness (QED) is 0.873. The van der Waals surface area contributed by atoms with Crippen molar-refractivity contribution in [3.05, 3.63) is 47.5 Å². The summed E-state index contributed by atoms with van der Waals surface area (Å²) in [5.74, 6) is 0. The van der Waals surface area contributed by atoms with Crippen LogP contribution >= 0.6 is 11.6 Å². The molecule has 0 bridgehead atoms. The molecule has 0 saturated carbocycles. The van der Waals surface area contributed by atoms with Crippen LogP contribution in [0.3, 0.4) is 0 Å². The summed E-state index contributed by atoms with van der Waals surface area (Å²) in [7, 11) is 0. The second-order valence-corrected chi connectivity index (χ2v) is 4.64. The number of rotatable bonds is 4. The van der Waals surface area contributed by atoms with E-state index in [0.717, 1.165) is 0 Å². The van der Waals surface area contributed by atoms with Crippen LogP contribution in [0.1, 0.15) is 12.5 Å². The molecule has 2 N–H and O–H groups in total. The molecule has 0 aliphatic heterocycles. The lowest BCUT2D eigenvalue weighted by Gasteiger charge is -2.31. The van der Waals surface area contributed by atoms with Gasteiger partial charge in [-0.15, -0.1) is 0 Å². The molecule has 5 nitrogen and oxygen atoms in total. The molecule has 96 valence electrons. The number of aromatic nitrogens is 3. The number of hydrogen-bond acceptors (Lipinski definition) is 4. The first-order chi connectivity index (χ1) is 8.52. The average molecular weight is 268 g/mol. The van der Waals surface area contributed by atoms with E-state index in [9.17, 15) is 10.2 Å². The number of aliphatic hydroxyl groups is 2. The van der Waals surface area contributed by atoms with Crippen LogP contribution in [0, 0.1) is 0 Å². The molecule has 0 aliphatic carbocycles. The molecular formula is C12H14ClN3O2. The SMILES string of the molecule is C[C@@H](O)[C@@](O)(Cn1cncn1)c1ccc(Cl)cc1. The minimum Gasteiger partial charge on any atom is -0.390 e. The molecule has 18 heavy (non-hydrogen) atoms. The zero-order valence-electron chi connectivity index (χ0n) is 9.86. The monoisotopic (exact) mass is 267 g/mol. The topological polar surface area (TPSA) is 71.2 Å². The van der Waals surface area contributed by atoms with Gasteiger partial charge in [-0.1, -0.05) is 23.7 Å². The van der Waals surface area contributed by atoms with E-state index in [0.29, 0.717) is 10.6 Å². The number of benzene rings is 1. The molecule has 1 heterocycles. The summed E-state index contributed by atoms with van der Waals surface area (Å²) >= 11 is 5.81. The summed E-state index contributed by atoms with van der Waals surface area (Å²) in [6.07, 6.45) is 1.91. The van der Waals surface area contributed by atoms with Crippen LogP contribution in [0.2, 0.25) is 5.02 Å². The Kier molecular flexibility index (Phi) is 3.65. The number of hydrogen-bond donors (Lipinski definition) is 2. The number of aliphatic hydroxyl groups excluding tert-OH is 1. The van der Waals surface area contributed by atoms with Gasteiger partial charge < -0.3 is 10.2 Å². The lowest BCUT2D eigenvalue weighted by Crippen LogP contribution is -2.41. The fourth-order valence-corrected chi connectivity index (χ4v) is 1.89. The molecule has 2 atom stereocenters. The van der Waals surface area contributed by atoms with E-state index < -0.39 is 11.7 Å². The van der Waals surface area contributed by atoms with Gasteiger partial charge in [0.15, 0.2) is 0 Å². The molecule has 0 aliphatic rings. The van der Waals surface area contributed by atoms with E-state index >= 15 is 0 Å². The van der Waals surface area contributed by atoms with Crippen molar-refractivity contribution in [2.45, 2.75) is 25.2 Å². The van der Waals surface area contributed by atoms with Gasteiger partial charge in [0.2, 0.25) is 0 Å². The minimum absolute atomic E-state index is 0.117. The summed E-state index contributed by atoms with van der Waals surface area (Å²) in [4.78, 5) is 3.81. The third-order valence-corrected chi connectivity index (χ3v) is 3.16. The van der Waals surface area contributed by atoms with Gasteiger partial charge in [-0.05, 0) is 24.6 Å². The van der Waals surface area contributed by atoms with Gasteiger partial charge in [0.25, 0.3) is 0 Å². The van der Waals surface area contributed by atoms with Gasteiger partial charge in [0.05, 0.1) is 12.6 Å². The van der Waals surface area contributed by atoms with Crippen molar-refractivity contribution >= 4 is 11.6 Å². The van der Waals surface area contributed by atoms with Crippen molar-refractivity contribution in [1.29, 1.82) is 0 Å². The van der Waals surface area contributed by atoms with Crippen LogP contribution in [0.4, 0.5) is 0 Å². The summed E-state index contributed by atoms with van der Waals surface area (Å²) in [6.45, 7) is 1.65. The van der Waals surface area contributed by atoms with Gasteiger partial charge in [-0.2, -0.15) is 5.10 Å². The fraction of sp³-hybridized carbons (Fsp3) is 0.333. The van der Waals surface area contributed by atoms with Crippen LogP contribution < -0.4 is 0 Å². The molecule has 0 amide bonds. The predicted molar refractivity (Wildman–Crippen MR) is 67.1 cm³/mol. The maximum Gasteiger partial charge on any atom is 0.137 e. The normalized spacial score (nSPS) is 16.2. The molecule has 2 aromatic rings. The standard InChI is InChI=1S/C12H14ClN3O2/c1-9(17)12(18,6-16-8-14-7-15-16)10-2-4-11(13)5-3-10/h2-5,7-9,17-18H,6H2,1H3/t9-,12+/m1/s1. The molecule has 6 heteroatoms. The van der Waals surface area contributed by atoms with Gasteiger partial charge >= 0.3 is 0 Å². The molecule has 0 spiro atoms. The minimum atomic E-state index is -1.43. The van der Waals surface area contributed by atoms with Crippen LogP contribution in [0.25, 0.3) is 0 Å². The largest absolute Gasteiger partial charge is 0.390 e. The van der Waals surface area contributed by atoms with Crippen molar-refractivity contribution in [2.75, 3.05) is 0 Å². The molecule has 0 fully saturated rings. The highest BCUT2D eigenvalue weighted by Gasteiger charge is 2.35. The molecule has 1 aromatic heterocycles. The molecule has 0 saturated heterocycles. The van der Waals surface area contributed by atoms with E-state index in [1.165, 1.54) is 24.3 Å². The van der Waals surface area contributed by atoms with Crippen molar-refractivity contribution in [3.63, 3.8) is 0 Å². The highest BCUT2D eigenvalue weighted by atomic mass is 35.5. The Bertz CT molecular complexity index is 499. The zero-order valence-corrected chi connectivity index (χ0v) is 10.6. The fourth-order valence-electron chi connectivity index (χ4n) is 1.76. The van der Waals surface area contributed by atoms with Crippen LogP contribution in [0.15, 0.2) is 36.9 Å². The molecular weight excluding hydrogens is 254 g/mol. The van der Waals surface area contributed by atoms with Crippen molar-refractivity contribution in [3.8, 4) is 0 Å². The van der Waals surface area contributed by atoms with E-state index in [1.807, 2.05) is 0 Å². The van der Waals surface area contributed by atoms with Crippen LogP contribution in [0.5, 0.6) is 0 Å². The first kappa shape index (κ1) is 13.0. The maximum absolute atomic E-state index is 10.6. The zero-order chi connectivity index (χ0) is 13.2. The number of halogens is 1. The summed E-state index contributed by atoms with van der Waals surface area (Å²) < 4.78 is 1.47. The summed E-state index contributed by atoms with van der Waals surface area (Å²) in [5, 5.41) is 25.0. The first-order valence-corrected chi connectivity index (χ1v) is 5.89. The Balaban J connectivity index is 2.34. The lowest BCUT2D eigenvalue weighted by atomic mass is 9.89. The van der Waals surface area contributed by atoms with Crippen LogP contribution in [-0.2, 0) is 12.1 Å². The van der Waals surface area contributed by atoms with Gasteiger partial charge in [-0.25, -0.2) is 9.67 Å². The third kappa shape index (κ3) is 2.53. The Morgan fingerprint density at radius 3 is 2.56 bits per heavy atom. The summed E-state index contributed by atoms with van der Waals surface area (Å²) in [5.41, 5.74) is -0.851. The Hall–Kier alpha value is -1.43. The Morgan fingerprint density at radius 1 is 1.39 bits per heavy atom. The maximum atomic E-state index is 10.6. The molecule has 0 unspecified atom stereocenters. The van der Waals surface area contributed by atoms with E-state index in [2.05, 4.69) is 10.1 Å². The highest BCUT2D eigenvalue weighted by Crippen LogP contribution is 2.28. The van der Waals surface area contributed by atoms with Crippen molar-refractivity contribution in [2.24, 2.45) is 0 Å². The van der Waals surface area contributed by atoms with Crippen molar-refractivity contribution in [1.82, 2.24) is 14.8 Å². The van der Waals surface area contributed by atoms with E-state index in [-0.39, 0.29) is 6.54 Å². The third-order valence-electron chi connectivity index (χ3n) is 2.90. The average Bonchev–Trinajstić information content (AvgIpc) is 2.82. The Labute approximate surface area is 110 Å². The predicted octanol–water partition coefficient (Wildman–Crippen LogP) is 1.20. The first-order valence-electron chi connectivity index (χ1n) is 5.51. The summed E-state index contributed by atoms with van der Waals surface area (Å²) in [6, 6.07) is 6.72. The second kappa shape index (κ2) is 5.06. The van der Waals surface area contributed by atoms with E-state index in [4.69, 9.17) is 11.6 Å². The highest BCUT2D eigenvalue weighted by molar-refractivity contribution is 6.30. The lowest BCUT2D eigenvalue weighted by molar-refractivity contribution is -0.0852. The molecule has 2 rings (SSSR count). The van der Waals surface area contributed by atoms with Gasteiger partial charge in [0.1, 0.15) is 18.3 Å². The Morgan fingerprint density at radius 2 is 2.06 bits per heavy atom. The van der Waals surface area contributed by atoms with Gasteiger partial charge in [-0.3, -0.25) is 0 Å². The van der Waals surface area contributed by atoms with E-state index in [1.54, 1.807) is 24.3 Å². The second-order valence-electron chi connectivity index (χ2n) is 4.20. The number of nitrogens with zero attached hydrogens (tertiary/aromatic N) is 3.